The lowest BCUT2D eigenvalue weighted by Crippen LogP contribution is -2.68. The molecule has 22 heteroatoms. The zero-order valence-corrected chi connectivity index (χ0v) is 30.1. The number of aryl methyl sites for hydroxylation is 1. The maximum atomic E-state index is 15.3. The lowest BCUT2D eigenvalue weighted by Gasteiger charge is -2.51. The van der Waals surface area contributed by atoms with Gasteiger partial charge in [-0.3, -0.25) is 0 Å². The van der Waals surface area contributed by atoms with E-state index in [1.807, 2.05) is 0 Å². The van der Waals surface area contributed by atoms with Gasteiger partial charge >= 0.3 is 6.18 Å². The lowest BCUT2D eigenvalue weighted by molar-refractivity contribution is -0.338. The Morgan fingerprint density at radius 2 is 1.41 bits per heavy atom. The van der Waals surface area contributed by atoms with Crippen LogP contribution in [0.1, 0.15) is 23.6 Å². The molecule has 0 amide bonds. The molecule has 1 unspecified atom stereocenters. The number of aliphatic hydroxyl groups is 3. The monoisotopic (exact) mass is 849 g/mol. The Kier molecular flexibility index (Phi) is 9.96. The van der Waals surface area contributed by atoms with Crippen molar-refractivity contribution in [2.24, 2.45) is 0 Å². The van der Waals surface area contributed by atoms with Gasteiger partial charge in [0.05, 0.1) is 40.8 Å². The first-order valence-corrected chi connectivity index (χ1v) is 17.0. The minimum absolute atomic E-state index is 0.215. The second-order valence-electron chi connectivity index (χ2n) is 12.5. The first-order valence-electron chi connectivity index (χ1n) is 15.9. The zero-order valence-electron chi connectivity index (χ0n) is 27.9. The molecule has 1 aliphatic rings. The van der Waals surface area contributed by atoms with Crippen LogP contribution in [-0.4, -0.2) is 68.5 Å². The van der Waals surface area contributed by atoms with E-state index in [0.29, 0.717) is 26.2 Å². The molecular formula is C34H22Cl3F8N7O4. The predicted molar refractivity (Wildman–Crippen MR) is 181 cm³/mol. The van der Waals surface area contributed by atoms with Crippen molar-refractivity contribution in [1.82, 2.24) is 34.3 Å². The molecule has 3 aromatic heterocycles. The van der Waals surface area contributed by atoms with Crippen LogP contribution in [0.2, 0.25) is 15.1 Å². The Labute approximate surface area is 323 Å². The van der Waals surface area contributed by atoms with Crippen LogP contribution in [0.4, 0.5) is 35.1 Å². The molecular weight excluding hydrogens is 829 g/mol. The van der Waals surface area contributed by atoms with Crippen LogP contribution >= 0.6 is 34.8 Å². The van der Waals surface area contributed by atoms with E-state index in [1.54, 1.807) is 0 Å². The number of ether oxygens (including phenoxy) is 1. The van der Waals surface area contributed by atoms with E-state index in [4.69, 9.17) is 39.5 Å². The van der Waals surface area contributed by atoms with Gasteiger partial charge in [0, 0.05) is 46.1 Å². The second-order valence-corrected chi connectivity index (χ2v) is 13.8. The third-order valence-electron chi connectivity index (χ3n) is 9.09. The summed E-state index contributed by atoms with van der Waals surface area (Å²) in [7, 11) is 0. The van der Waals surface area contributed by atoms with Crippen molar-refractivity contribution < 1.29 is 55.2 Å². The van der Waals surface area contributed by atoms with Crippen LogP contribution in [0.25, 0.3) is 27.9 Å². The SMILES string of the molecule is Cc1nc(C2(n3cc(-c4ccc(Cl)c(F)c4F)cn3)O[C@@H](CO)[C@@H](O)C[C@@]2(O)n2cc(-c3ccc(Cl)c(F)c3F)cn2)n(-c2cc(Cl)cc(F)c2C(F)(F)F)n1. The van der Waals surface area contributed by atoms with Crippen molar-refractivity contribution in [3.05, 3.63) is 123 Å². The maximum absolute atomic E-state index is 15.3. The van der Waals surface area contributed by atoms with Crippen molar-refractivity contribution in [2.45, 2.75) is 43.2 Å². The first-order chi connectivity index (χ1) is 26.3. The number of hydrogen-bond donors (Lipinski definition) is 3. The van der Waals surface area contributed by atoms with E-state index in [9.17, 15) is 37.3 Å². The van der Waals surface area contributed by atoms with E-state index in [0.717, 1.165) is 49.1 Å². The van der Waals surface area contributed by atoms with Gasteiger partial charge in [-0.05, 0) is 43.3 Å². The van der Waals surface area contributed by atoms with Crippen molar-refractivity contribution in [3.8, 4) is 27.9 Å². The average Bonchev–Trinajstić information content (AvgIpc) is 3.90. The fourth-order valence-electron chi connectivity index (χ4n) is 6.54. The molecule has 0 bridgehead atoms. The van der Waals surface area contributed by atoms with E-state index in [1.165, 1.54) is 6.92 Å². The predicted octanol–water partition coefficient (Wildman–Crippen LogP) is 7.17. The summed E-state index contributed by atoms with van der Waals surface area (Å²) in [4.78, 5) is 4.28. The van der Waals surface area contributed by atoms with E-state index >= 15 is 13.2 Å². The summed E-state index contributed by atoms with van der Waals surface area (Å²) in [6.45, 7) is 0.183. The van der Waals surface area contributed by atoms with Gasteiger partial charge in [-0.1, -0.05) is 34.8 Å². The topological polar surface area (TPSA) is 136 Å². The van der Waals surface area contributed by atoms with Gasteiger partial charge in [0.1, 0.15) is 23.3 Å². The van der Waals surface area contributed by atoms with E-state index in [-0.39, 0.29) is 17.0 Å². The molecule has 1 fully saturated rings. The van der Waals surface area contributed by atoms with Crippen LogP contribution in [-0.2, 0) is 22.4 Å². The third kappa shape index (κ3) is 6.21. The summed E-state index contributed by atoms with van der Waals surface area (Å²) >= 11 is 17.5. The number of nitrogens with zero attached hydrogens (tertiary/aromatic N) is 7. The molecule has 4 atom stereocenters. The molecule has 0 saturated carbocycles. The van der Waals surface area contributed by atoms with Gasteiger partial charge in [0.15, 0.2) is 29.1 Å². The summed E-state index contributed by atoms with van der Waals surface area (Å²) in [5.74, 6) is -8.79. The molecule has 1 aliphatic heterocycles. The number of aromatic nitrogens is 7. The maximum Gasteiger partial charge on any atom is 0.421 e. The van der Waals surface area contributed by atoms with Gasteiger partial charge in [0.25, 0.3) is 5.72 Å². The average molecular weight is 851 g/mol. The minimum Gasteiger partial charge on any atom is -0.394 e. The molecule has 4 heterocycles. The first kappa shape index (κ1) is 39.6. The van der Waals surface area contributed by atoms with Gasteiger partial charge in [0.2, 0.25) is 5.72 Å². The number of rotatable bonds is 7. The number of benzene rings is 3. The van der Waals surface area contributed by atoms with Crippen molar-refractivity contribution in [1.29, 1.82) is 0 Å². The van der Waals surface area contributed by atoms with Crippen molar-refractivity contribution in [3.63, 3.8) is 0 Å². The fraction of sp³-hybridized carbons (Fsp3) is 0.235. The number of halogens is 11. The van der Waals surface area contributed by atoms with E-state index in [2.05, 4.69) is 20.3 Å². The Balaban J connectivity index is 1.58. The molecule has 1 saturated heterocycles. The molecule has 0 radical (unpaired) electrons. The molecule has 0 aliphatic carbocycles. The molecule has 56 heavy (non-hydrogen) atoms. The summed E-state index contributed by atoms with van der Waals surface area (Å²) in [5, 5.41) is 45.3. The summed E-state index contributed by atoms with van der Waals surface area (Å²) < 4.78 is 127. The van der Waals surface area contributed by atoms with Crippen LogP contribution < -0.4 is 0 Å². The van der Waals surface area contributed by atoms with Gasteiger partial charge in [-0.15, -0.1) is 0 Å². The highest BCUT2D eigenvalue weighted by molar-refractivity contribution is 6.31. The molecule has 294 valence electrons. The standard InChI is InChI=1S/C34H22Cl3F8N7O4/c1-14-48-31(52(49-14)23-7-17(35)6-22(38)26(23)34(43,44)45)33(51-12-16(10-47-51)19-3-5-21(37)30(42)28(19)40)32(55,8-24(54)25(13-53)56-33)50-11-15(9-46-50)18-2-4-20(36)29(41)27(18)39/h2-7,9-12,24-25,53-55H,8,13H2,1H3/t24-,25-,32-,33?/m0/s1. The second kappa shape index (κ2) is 14.1. The zero-order chi connectivity index (χ0) is 40.6. The van der Waals surface area contributed by atoms with Gasteiger partial charge in [-0.2, -0.15) is 28.5 Å². The van der Waals surface area contributed by atoms with Crippen molar-refractivity contribution >= 4 is 34.8 Å². The summed E-state index contributed by atoms with van der Waals surface area (Å²) in [6, 6.07) is 5.28. The molecule has 3 N–H and O–H groups in total. The lowest BCUT2D eigenvalue weighted by atomic mass is 9.86. The summed E-state index contributed by atoms with van der Waals surface area (Å²) in [6.07, 6.45) is -6.13. The number of aliphatic hydroxyl groups excluding tert-OH is 2. The Bertz CT molecular complexity index is 2510. The third-order valence-corrected chi connectivity index (χ3v) is 9.89. The Morgan fingerprint density at radius 1 is 0.857 bits per heavy atom. The largest absolute Gasteiger partial charge is 0.421 e. The van der Waals surface area contributed by atoms with Crippen LogP contribution in [0.5, 0.6) is 0 Å². The Hall–Kier alpha value is -4.63. The Morgan fingerprint density at radius 3 is 1.96 bits per heavy atom. The van der Waals surface area contributed by atoms with Crippen LogP contribution in [0, 0.1) is 36.0 Å². The highest BCUT2D eigenvalue weighted by Crippen LogP contribution is 2.50. The quantitative estimate of drug-likeness (QED) is 0.114. The number of hydrogen-bond acceptors (Lipinski definition) is 8. The molecule has 11 nitrogen and oxygen atoms in total. The molecule has 0 spiro atoms. The normalized spacial score (nSPS) is 21.6. The highest BCUT2D eigenvalue weighted by atomic mass is 35.5. The van der Waals surface area contributed by atoms with Gasteiger partial charge in [-0.25, -0.2) is 41.0 Å². The summed E-state index contributed by atoms with van der Waals surface area (Å²) in [5.41, 5.74) is -10.4. The highest BCUT2D eigenvalue weighted by Gasteiger charge is 2.66. The molecule has 7 rings (SSSR count). The van der Waals surface area contributed by atoms with Gasteiger partial charge < -0.3 is 20.1 Å². The fourth-order valence-corrected chi connectivity index (χ4v) is 7.03. The van der Waals surface area contributed by atoms with E-state index < -0.39 is 115 Å². The van der Waals surface area contributed by atoms with Crippen molar-refractivity contribution in [2.75, 3.05) is 6.61 Å². The van der Waals surface area contributed by atoms with Crippen LogP contribution in [0.15, 0.2) is 61.2 Å². The minimum atomic E-state index is -5.41. The number of alkyl halides is 3. The molecule has 3 aromatic carbocycles. The van der Waals surface area contributed by atoms with Crippen LogP contribution in [0.3, 0.4) is 0 Å². The smallest absolute Gasteiger partial charge is 0.394 e. The molecule has 6 aromatic rings.